The van der Waals surface area contributed by atoms with Gasteiger partial charge >= 0.3 is 5.24 Å². The summed E-state index contributed by atoms with van der Waals surface area (Å²) in [5, 5.41) is 21.1. The standard InChI is InChI=1S/C19H15N3O6S2/c1-2-28-15-8-11(6-7-14(15)23)9-16-18(29)21(19(25)30-16)20-17(24)12-4-3-5-13(10-12)22(26)27/h3-10,23H,2H2,1H3,(H,20,24)/b16-9+. The number of amides is 2. The number of phenolic OH excluding ortho intramolecular Hbond substituents is 1. The van der Waals surface area contributed by atoms with E-state index < -0.39 is 16.1 Å². The fourth-order valence-corrected chi connectivity index (χ4v) is 3.69. The van der Waals surface area contributed by atoms with Crippen molar-refractivity contribution in [3.63, 3.8) is 0 Å². The number of ether oxygens (including phenoxy) is 1. The molecule has 1 aliphatic heterocycles. The van der Waals surface area contributed by atoms with E-state index in [1.54, 1.807) is 25.1 Å². The van der Waals surface area contributed by atoms with E-state index in [-0.39, 0.29) is 22.0 Å². The average Bonchev–Trinajstić information content (AvgIpc) is 2.98. The number of nitrogens with zero attached hydrogens (tertiary/aromatic N) is 2. The van der Waals surface area contributed by atoms with E-state index in [1.165, 1.54) is 24.3 Å². The molecular weight excluding hydrogens is 430 g/mol. The monoisotopic (exact) mass is 445 g/mol. The number of nitrogens with one attached hydrogen (secondary N) is 1. The summed E-state index contributed by atoms with van der Waals surface area (Å²) in [4.78, 5) is 35.5. The van der Waals surface area contributed by atoms with Crippen molar-refractivity contribution in [1.82, 2.24) is 10.4 Å². The molecule has 0 unspecified atom stereocenters. The van der Waals surface area contributed by atoms with Gasteiger partial charge in [-0.1, -0.05) is 24.4 Å². The Kier molecular flexibility index (Phi) is 6.33. The zero-order valence-corrected chi connectivity index (χ0v) is 17.2. The first-order chi connectivity index (χ1) is 14.3. The van der Waals surface area contributed by atoms with Crippen LogP contribution in [0.2, 0.25) is 0 Å². The van der Waals surface area contributed by atoms with E-state index >= 15 is 0 Å². The van der Waals surface area contributed by atoms with Gasteiger partial charge in [-0.15, -0.1) is 0 Å². The smallest absolute Gasteiger partial charge is 0.310 e. The van der Waals surface area contributed by atoms with Crippen LogP contribution in [-0.4, -0.2) is 37.8 Å². The number of carbonyl (C=O) groups excluding carboxylic acids is 2. The van der Waals surface area contributed by atoms with Gasteiger partial charge in [-0.2, -0.15) is 5.01 Å². The zero-order chi connectivity index (χ0) is 21.8. The first-order valence-corrected chi connectivity index (χ1v) is 9.82. The number of benzene rings is 2. The molecule has 9 nitrogen and oxygen atoms in total. The number of rotatable bonds is 6. The molecule has 2 amide bonds. The number of nitro groups is 1. The van der Waals surface area contributed by atoms with Crippen molar-refractivity contribution in [1.29, 1.82) is 0 Å². The third kappa shape index (κ3) is 4.58. The number of thiocarbonyl (C=S) groups is 1. The fourth-order valence-electron chi connectivity index (χ4n) is 2.53. The highest BCUT2D eigenvalue weighted by atomic mass is 32.2. The van der Waals surface area contributed by atoms with Crippen LogP contribution in [0.15, 0.2) is 47.4 Å². The highest BCUT2D eigenvalue weighted by molar-refractivity contribution is 8.19. The molecule has 154 valence electrons. The number of phenols is 1. The molecule has 2 N–H and O–H groups in total. The maximum Gasteiger partial charge on any atom is 0.310 e. The molecule has 0 radical (unpaired) electrons. The van der Waals surface area contributed by atoms with Crippen LogP contribution in [0.4, 0.5) is 10.5 Å². The van der Waals surface area contributed by atoms with Crippen molar-refractivity contribution in [2.45, 2.75) is 6.92 Å². The van der Waals surface area contributed by atoms with E-state index in [1.807, 2.05) is 0 Å². The molecule has 1 saturated heterocycles. The topological polar surface area (TPSA) is 122 Å². The molecule has 30 heavy (non-hydrogen) atoms. The Hall–Kier alpha value is -3.44. The molecule has 0 saturated carbocycles. The maximum absolute atomic E-state index is 12.4. The number of nitro benzene ring substituents is 1. The zero-order valence-electron chi connectivity index (χ0n) is 15.5. The Morgan fingerprint density at radius 1 is 1.37 bits per heavy atom. The van der Waals surface area contributed by atoms with Gasteiger partial charge < -0.3 is 9.84 Å². The lowest BCUT2D eigenvalue weighted by molar-refractivity contribution is -0.384. The molecule has 1 fully saturated rings. The van der Waals surface area contributed by atoms with Gasteiger partial charge in [0.15, 0.2) is 11.5 Å². The minimum absolute atomic E-state index is 0.0115. The van der Waals surface area contributed by atoms with Gasteiger partial charge in [0, 0.05) is 17.7 Å². The summed E-state index contributed by atoms with van der Waals surface area (Å²) in [7, 11) is 0. The molecule has 0 bridgehead atoms. The molecule has 0 atom stereocenters. The van der Waals surface area contributed by atoms with Gasteiger partial charge in [0.25, 0.3) is 11.6 Å². The number of hydrogen-bond donors (Lipinski definition) is 2. The normalized spacial score (nSPS) is 14.8. The average molecular weight is 445 g/mol. The summed E-state index contributed by atoms with van der Waals surface area (Å²) < 4.78 is 5.34. The molecule has 11 heteroatoms. The lowest BCUT2D eigenvalue weighted by Gasteiger charge is -2.15. The van der Waals surface area contributed by atoms with Gasteiger partial charge in [-0.05, 0) is 48.5 Å². The van der Waals surface area contributed by atoms with Gasteiger partial charge in [0.1, 0.15) is 4.99 Å². The van der Waals surface area contributed by atoms with E-state index in [9.17, 15) is 24.8 Å². The molecule has 3 rings (SSSR count). The fraction of sp³-hybridized carbons (Fsp3) is 0.105. The van der Waals surface area contributed by atoms with Crippen LogP contribution in [0.1, 0.15) is 22.8 Å². The minimum atomic E-state index is -0.709. The van der Waals surface area contributed by atoms with Crippen molar-refractivity contribution in [2.75, 3.05) is 6.61 Å². The maximum atomic E-state index is 12.4. The predicted molar refractivity (Wildman–Crippen MR) is 115 cm³/mol. The molecule has 0 aliphatic carbocycles. The van der Waals surface area contributed by atoms with E-state index in [0.29, 0.717) is 22.8 Å². The lowest BCUT2D eigenvalue weighted by atomic mass is 10.2. The Morgan fingerprint density at radius 3 is 2.83 bits per heavy atom. The van der Waals surface area contributed by atoms with Crippen LogP contribution >= 0.6 is 24.0 Å². The second kappa shape index (κ2) is 8.93. The van der Waals surface area contributed by atoms with Crippen LogP contribution in [0.3, 0.4) is 0 Å². The SMILES string of the molecule is CCOc1cc(/C=C2/SC(=O)N(NC(=O)c3cccc([N+](=O)[O-])c3)C2=S)ccc1O. The summed E-state index contributed by atoms with van der Waals surface area (Å²) in [6.07, 6.45) is 1.63. The summed E-state index contributed by atoms with van der Waals surface area (Å²) in [6, 6.07) is 9.82. The molecule has 1 aliphatic rings. The Balaban J connectivity index is 1.79. The molecule has 0 aromatic heterocycles. The molecule has 2 aromatic rings. The van der Waals surface area contributed by atoms with Crippen LogP contribution in [0.25, 0.3) is 6.08 Å². The quantitative estimate of drug-likeness (QED) is 0.297. The Bertz CT molecular complexity index is 1090. The Morgan fingerprint density at radius 2 is 2.13 bits per heavy atom. The van der Waals surface area contributed by atoms with Crippen molar-refractivity contribution in [3.05, 3.63) is 68.6 Å². The summed E-state index contributed by atoms with van der Waals surface area (Å²) in [6.45, 7) is 2.16. The van der Waals surface area contributed by atoms with Gasteiger partial charge in [0.2, 0.25) is 0 Å². The second-order valence-electron chi connectivity index (χ2n) is 5.93. The molecule has 0 spiro atoms. The summed E-state index contributed by atoms with van der Waals surface area (Å²) in [5.74, 6) is -0.426. The van der Waals surface area contributed by atoms with Gasteiger partial charge in [-0.25, -0.2) is 0 Å². The van der Waals surface area contributed by atoms with Gasteiger partial charge in [0.05, 0.1) is 16.4 Å². The molecule has 2 aromatic carbocycles. The second-order valence-corrected chi connectivity index (χ2v) is 7.31. The first kappa shape index (κ1) is 21.3. The van der Waals surface area contributed by atoms with Crippen LogP contribution in [-0.2, 0) is 0 Å². The largest absolute Gasteiger partial charge is 0.504 e. The highest BCUT2D eigenvalue weighted by Crippen LogP contribution is 2.34. The highest BCUT2D eigenvalue weighted by Gasteiger charge is 2.33. The third-order valence-corrected chi connectivity index (χ3v) is 5.33. The van der Waals surface area contributed by atoms with Crippen molar-refractivity contribution in [3.8, 4) is 11.5 Å². The van der Waals surface area contributed by atoms with Crippen molar-refractivity contribution >= 4 is 51.9 Å². The number of hydrogen-bond acceptors (Lipinski definition) is 8. The van der Waals surface area contributed by atoms with Gasteiger partial charge in [-0.3, -0.25) is 25.1 Å². The van der Waals surface area contributed by atoms with E-state index in [0.717, 1.165) is 22.8 Å². The Labute approximate surface area is 180 Å². The summed E-state index contributed by atoms with van der Waals surface area (Å²) in [5.41, 5.74) is 2.78. The van der Waals surface area contributed by atoms with E-state index in [4.69, 9.17) is 17.0 Å². The molecule has 1 heterocycles. The first-order valence-electron chi connectivity index (χ1n) is 8.59. The van der Waals surface area contributed by atoms with E-state index in [2.05, 4.69) is 5.43 Å². The third-order valence-electron chi connectivity index (χ3n) is 3.91. The number of aromatic hydroxyl groups is 1. The summed E-state index contributed by atoms with van der Waals surface area (Å²) >= 11 is 6.12. The minimum Gasteiger partial charge on any atom is -0.504 e. The van der Waals surface area contributed by atoms with Crippen molar-refractivity contribution in [2.24, 2.45) is 0 Å². The van der Waals surface area contributed by atoms with Crippen LogP contribution in [0.5, 0.6) is 11.5 Å². The predicted octanol–water partition coefficient (Wildman–Crippen LogP) is 3.88. The van der Waals surface area contributed by atoms with Crippen LogP contribution < -0.4 is 10.2 Å². The number of non-ortho nitro benzene ring substituents is 1. The number of thioether (sulfide) groups is 1. The van der Waals surface area contributed by atoms with Crippen LogP contribution in [0, 0.1) is 10.1 Å². The van der Waals surface area contributed by atoms with Crippen molar-refractivity contribution < 1.29 is 24.4 Å². The molecular formula is C19H15N3O6S2. The number of hydrazine groups is 1. The lowest BCUT2D eigenvalue weighted by Crippen LogP contribution is -2.44. The number of carbonyl (C=O) groups is 2.